The van der Waals surface area contributed by atoms with Crippen LogP contribution in [0.5, 0.6) is 5.75 Å². The molecule has 2 N–H and O–H groups in total. The Morgan fingerprint density at radius 2 is 1.88 bits per heavy atom. The van der Waals surface area contributed by atoms with Crippen molar-refractivity contribution in [2.45, 2.75) is 25.9 Å². The lowest BCUT2D eigenvalue weighted by Crippen LogP contribution is -2.48. The van der Waals surface area contributed by atoms with Crippen molar-refractivity contribution < 1.29 is 15.0 Å². The molecule has 1 aromatic rings. The van der Waals surface area contributed by atoms with Gasteiger partial charge in [-0.25, -0.2) is 4.79 Å². The Labute approximate surface area is 156 Å². The van der Waals surface area contributed by atoms with Crippen LogP contribution in [0, 0.1) is 5.92 Å². The van der Waals surface area contributed by atoms with Gasteiger partial charge in [-0.3, -0.25) is 4.99 Å². The summed E-state index contributed by atoms with van der Waals surface area (Å²) in [6.07, 6.45) is 1.88. The average molecular weight is 456 g/mol. The topological polar surface area (TPSA) is 73.1 Å². The predicted molar refractivity (Wildman–Crippen MR) is 99.3 cm³/mol. The standard InChI is InChI=1S/C17H16Br2N2O3/c1-8-14(17(23)24)20-16-13(19)7-12(18)9(2)21(16)15(8)10-3-5-11(22)6-4-10/h3-8,14-15,22H,1-2H3,(H,23,24). The van der Waals surface area contributed by atoms with Crippen LogP contribution in [-0.2, 0) is 4.79 Å². The first-order chi connectivity index (χ1) is 11.3. The van der Waals surface area contributed by atoms with E-state index in [0.717, 1.165) is 20.2 Å². The molecule has 24 heavy (non-hydrogen) atoms. The Balaban J connectivity index is 2.19. The van der Waals surface area contributed by atoms with Crippen LogP contribution in [0.1, 0.15) is 25.5 Å². The number of carboxylic acids is 1. The number of carbonyl (C=O) groups is 1. The maximum atomic E-state index is 11.7. The molecule has 0 aliphatic carbocycles. The van der Waals surface area contributed by atoms with Gasteiger partial charge in [0.2, 0.25) is 0 Å². The summed E-state index contributed by atoms with van der Waals surface area (Å²) in [5.74, 6) is -0.396. The lowest BCUT2D eigenvalue weighted by molar-refractivity contribution is -0.140. The zero-order valence-corrected chi connectivity index (χ0v) is 16.2. The summed E-state index contributed by atoms with van der Waals surface area (Å²) in [7, 11) is 0. The summed E-state index contributed by atoms with van der Waals surface area (Å²) >= 11 is 7.05. The van der Waals surface area contributed by atoms with E-state index >= 15 is 0 Å². The Kier molecular flexibility index (Phi) is 4.57. The number of carboxylic acid groups (broad SMARTS) is 1. The number of rotatable bonds is 2. The Hall–Kier alpha value is -1.60. The van der Waals surface area contributed by atoms with E-state index < -0.39 is 12.0 Å². The van der Waals surface area contributed by atoms with E-state index in [-0.39, 0.29) is 17.7 Å². The molecule has 0 saturated heterocycles. The normalized spacial score (nSPS) is 26.7. The summed E-state index contributed by atoms with van der Waals surface area (Å²) < 4.78 is 1.65. The molecule has 126 valence electrons. The van der Waals surface area contributed by atoms with Crippen LogP contribution in [0.2, 0.25) is 0 Å². The van der Waals surface area contributed by atoms with Gasteiger partial charge in [0.1, 0.15) is 11.6 Å². The van der Waals surface area contributed by atoms with Crippen molar-refractivity contribution in [3.8, 4) is 5.75 Å². The van der Waals surface area contributed by atoms with Crippen molar-refractivity contribution in [3.05, 3.63) is 50.6 Å². The first kappa shape index (κ1) is 17.2. The zero-order valence-electron chi connectivity index (χ0n) is 13.1. The fraction of sp³-hybridized carbons (Fsp3) is 0.294. The van der Waals surface area contributed by atoms with Crippen LogP contribution in [0.15, 0.2) is 50.0 Å². The number of aromatic hydroxyl groups is 1. The molecule has 5 nitrogen and oxygen atoms in total. The molecule has 7 heteroatoms. The minimum Gasteiger partial charge on any atom is -0.508 e. The van der Waals surface area contributed by atoms with E-state index in [4.69, 9.17) is 0 Å². The fourth-order valence-corrected chi connectivity index (χ4v) is 4.44. The number of benzene rings is 1. The average Bonchev–Trinajstić information content (AvgIpc) is 2.53. The van der Waals surface area contributed by atoms with E-state index in [1.54, 1.807) is 12.1 Å². The van der Waals surface area contributed by atoms with Gasteiger partial charge in [0, 0.05) is 16.1 Å². The van der Waals surface area contributed by atoms with Crippen molar-refractivity contribution in [3.63, 3.8) is 0 Å². The van der Waals surface area contributed by atoms with Crippen LogP contribution in [0.4, 0.5) is 0 Å². The van der Waals surface area contributed by atoms with Gasteiger partial charge in [0.25, 0.3) is 0 Å². The molecule has 0 spiro atoms. The van der Waals surface area contributed by atoms with Gasteiger partial charge < -0.3 is 15.1 Å². The van der Waals surface area contributed by atoms with Gasteiger partial charge in [0.15, 0.2) is 6.04 Å². The third kappa shape index (κ3) is 2.80. The molecular weight excluding hydrogens is 440 g/mol. The maximum absolute atomic E-state index is 11.7. The summed E-state index contributed by atoms with van der Waals surface area (Å²) in [5.41, 5.74) is 1.89. The molecular formula is C17H16Br2N2O3. The number of fused-ring (bicyclic) bond motifs is 1. The van der Waals surface area contributed by atoms with Crippen LogP contribution in [-0.4, -0.2) is 33.0 Å². The third-order valence-corrected chi connectivity index (χ3v) is 5.81. The van der Waals surface area contributed by atoms with Crippen molar-refractivity contribution in [2.75, 3.05) is 0 Å². The molecule has 0 aromatic heterocycles. The second-order valence-corrected chi connectivity index (χ2v) is 7.64. The Morgan fingerprint density at radius 1 is 1.25 bits per heavy atom. The third-order valence-electron chi connectivity index (χ3n) is 4.43. The lowest BCUT2D eigenvalue weighted by atomic mass is 9.84. The molecule has 3 rings (SSSR count). The highest BCUT2D eigenvalue weighted by Crippen LogP contribution is 2.44. The van der Waals surface area contributed by atoms with E-state index in [1.807, 2.05) is 37.0 Å². The van der Waals surface area contributed by atoms with E-state index in [1.165, 1.54) is 0 Å². The molecule has 0 bridgehead atoms. The molecule has 2 aliphatic heterocycles. The molecule has 0 saturated carbocycles. The summed E-state index contributed by atoms with van der Waals surface area (Å²) in [5, 5.41) is 19.2. The minimum atomic E-state index is -0.940. The number of nitrogens with zero attached hydrogens (tertiary/aromatic N) is 2. The van der Waals surface area contributed by atoms with Gasteiger partial charge in [-0.05, 0) is 62.6 Å². The number of aliphatic carboxylic acids is 1. The fourth-order valence-electron chi connectivity index (χ4n) is 3.19. The first-order valence-corrected chi connectivity index (χ1v) is 9.02. The van der Waals surface area contributed by atoms with Gasteiger partial charge >= 0.3 is 5.97 Å². The quantitative estimate of drug-likeness (QED) is 0.702. The zero-order chi connectivity index (χ0) is 17.6. The molecule has 2 aliphatic rings. The molecule has 3 unspecified atom stereocenters. The Morgan fingerprint density at radius 3 is 2.46 bits per heavy atom. The van der Waals surface area contributed by atoms with Crippen LogP contribution >= 0.6 is 31.9 Å². The first-order valence-electron chi connectivity index (χ1n) is 7.44. The van der Waals surface area contributed by atoms with Crippen molar-refractivity contribution in [1.82, 2.24) is 4.90 Å². The summed E-state index contributed by atoms with van der Waals surface area (Å²) in [4.78, 5) is 18.2. The number of phenols is 1. The van der Waals surface area contributed by atoms with E-state index in [0.29, 0.717) is 5.84 Å². The lowest BCUT2D eigenvalue weighted by Gasteiger charge is -2.45. The number of hydrogen-bond acceptors (Lipinski definition) is 4. The highest BCUT2D eigenvalue weighted by Gasteiger charge is 2.43. The molecule has 2 heterocycles. The van der Waals surface area contributed by atoms with Crippen molar-refractivity contribution in [2.24, 2.45) is 10.9 Å². The molecule has 0 fully saturated rings. The number of hydrogen-bond donors (Lipinski definition) is 2. The van der Waals surface area contributed by atoms with Crippen LogP contribution < -0.4 is 0 Å². The highest BCUT2D eigenvalue weighted by atomic mass is 79.9. The van der Waals surface area contributed by atoms with Crippen LogP contribution in [0.3, 0.4) is 0 Å². The smallest absolute Gasteiger partial charge is 0.328 e. The second kappa shape index (κ2) is 6.37. The Bertz CT molecular complexity index is 784. The molecule has 0 amide bonds. The van der Waals surface area contributed by atoms with Gasteiger partial charge in [-0.15, -0.1) is 0 Å². The van der Waals surface area contributed by atoms with Crippen LogP contribution in [0.25, 0.3) is 0 Å². The minimum absolute atomic E-state index is 0.180. The van der Waals surface area contributed by atoms with Crippen molar-refractivity contribution in [1.29, 1.82) is 0 Å². The summed E-state index contributed by atoms with van der Waals surface area (Å²) in [6, 6.07) is 5.85. The maximum Gasteiger partial charge on any atom is 0.328 e. The predicted octanol–water partition coefficient (Wildman–Crippen LogP) is 4.16. The summed E-state index contributed by atoms with van der Waals surface area (Å²) in [6.45, 7) is 3.86. The number of aliphatic imine (C=N–C) groups is 1. The molecule has 1 aromatic carbocycles. The number of halogens is 2. The number of allylic oxidation sites excluding steroid dienone is 3. The SMILES string of the molecule is CC1=C(Br)C=C(Br)C2=NC(C(=O)O)C(C)C(c3ccc(O)cc3)N21. The largest absolute Gasteiger partial charge is 0.508 e. The number of phenolic OH excluding ortho intramolecular Hbond substituents is 1. The molecule has 0 radical (unpaired) electrons. The monoisotopic (exact) mass is 454 g/mol. The highest BCUT2D eigenvalue weighted by molar-refractivity contribution is 9.12. The second-order valence-electron chi connectivity index (χ2n) is 5.93. The van der Waals surface area contributed by atoms with E-state index in [9.17, 15) is 15.0 Å². The van der Waals surface area contributed by atoms with Gasteiger partial charge in [0.05, 0.1) is 10.5 Å². The van der Waals surface area contributed by atoms with Crippen molar-refractivity contribution >= 4 is 43.7 Å². The van der Waals surface area contributed by atoms with E-state index in [2.05, 4.69) is 36.9 Å². The van der Waals surface area contributed by atoms with Gasteiger partial charge in [-0.1, -0.05) is 19.1 Å². The number of amidine groups is 1. The van der Waals surface area contributed by atoms with Gasteiger partial charge in [-0.2, -0.15) is 0 Å². The molecule has 3 atom stereocenters.